The molecule has 0 aliphatic carbocycles. The van der Waals surface area contributed by atoms with Gasteiger partial charge in [0.05, 0.1) is 13.2 Å². The van der Waals surface area contributed by atoms with E-state index in [0.29, 0.717) is 38.2 Å². The Balaban J connectivity index is 1.40. The average Bonchev–Trinajstić information content (AvgIpc) is 2.93. The van der Waals surface area contributed by atoms with Gasteiger partial charge in [-0.05, 0) is 49.3 Å². The summed E-state index contributed by atoms with van der Waals surface area (Å²) < 4.78 is 5.65. The normalized spacial score (nSPS) is 14.4. The summed E-state index contributed by atoms with van der Waals surface area (Å²) in [5, 5.41) is 12.3. The number of aliphatic carboxylic acids is 1. The minimum atomic E-state index is -1.06. The molecule has 8 nitrogen and oxygen atoms in total. The van der Waals surface area contributed by atoms with Crippen molar-refractivity contribution in [1.82, 2.24) is 10.2 Å². The Labute approximate surface area is 224 Å². The maximum Gasteiger partial charge on any atom is 0.326 e. The Bertz CT molecular complexity index is 1100. The maximum absolute atomic E-state index is 12.6. The van der Waals surface area contributed by atoms with E-state index in [1.807, 2.05) is 41.3 Å². The van der Waals surface area contributed by atoms with E-state index < -0.39 is 12.0 Å². The summed E-state index contributed by atoms with van der Waals surface area (Å²) in [5.74, 6) is -0.377. The van der Waals surface area contributed by atoms with E-state index in [4.69, 9.17) is 11.3 Å². The SMILES string of the molecule is [C-]#[N+]c1ccc(CCC(=O)N2CCC(CC(=O)N[C@@H](Cc3ccc(OCCCC)cc3)C(=O)O)CC2)cc1. The van der Waals surface area contributed by atoms with Crippen LogP contribution in [0.1, 0.15) is 56.6 Å². The molecule has 8 heteroatoms. The van der Waals surface area contributed by atoms with Crippen LogP contribution < -0.4 is 10.1 Å². The predicted molar refractivity (Wildman–Crippen MR) is 145 cm³/mol. The number of ether oxygens (including phenoxy) is 1. The molecule has 1 fully saturated rings. The molecule has 0 aromatic heterocycles. The fraction of sp³-hybridized carbons (Fsp3) is 0.467. The Morgan fingerprint density at radius 1 is 1.08 bits per heavy atom. The van der Waals surface area contributed by atoms with E-state index in [1.165, 1.54) is 0 Å². The molecule has 0 bridgehead atoms. The van der Waals surface area contributed by atoms with E-state index in [9.17, 15) is 19.5 Å². The molecule has 38 heavy (non-hydrogen) atoms. The van der Waals surface area contributed by atoms with Gasteiger partial charge in [0.1, 0.15) is 11.8 Å². The summed E-state index contributed by atoms with van der Waals surface area (Å²) in [6, 6.07) is 13.6. The van der Waals surface area contributed by atoms with Crippen LogP contribution in [-0.2, 0) is 27.2 Å². The first kappa shape index (κ1) is 28.7. The van der Waals surface area contributed by atoms with Gasteiger partial charge >= 0.3 is 5.97 Å². The van der Waals surface area contributed by atoms with Crippen molar-refractivity contribution >= 4 is 23.5 Å². The van der Waals surface area contributed by atoms with Crippen molar-refractivity contribution in [1.29, 1.82) is 0 Å². The van der Waals surface area contributed by atoms with Crippen LogP contribution in [0.4, 0.5) is 5.69 Å². The second kappa shape index (κ2) is 14.8. The number of unbranched alkanes of at least 4 members (excludes halogenated alkanes) is 1. The first-order valence-corrected chi connectivity index (χ1v) is 13.4. The topological polar surface area (TPSA) is 100 Å². The zero-order valence-corrected chi connectivity index (χ0v) is 22.0. The highest BCUT2D eigenvalue weighted by molar-refractivity contribution is 5.84. The van der Waals surface area contributed by atoms with Crippen molar-refractivity contribution in [3.05, 3.63) is 71.1 Å². The van der Waals surface area contributed by atoms with Crippen molar-refractivity contribution in [2.75, 3.05) is 19.7 Å². The first-order valence-electron chi connectivity index (χ1n) is 13.4. The summed E-state index contributed by atoms with van der Waals surface area (Å²) in [6.07, 6.45) is 4.96. The number of carbonyl (C=O) groups is 3. The van der Waals surface area contributed by atoms with Gasteiger partial charge in [0.2, 0.25) is 11.8 Å². The Kier molecular flexibility index (Phi) is 11.2. The van der Waals surface area contributed by atoms with E-state index in [0.717, 1.165) is 42.6 Å². The second-order valence-corrected chi connectivity index (χ2v) is 9.81. The third-order valence-corrected chi connectivity index (χ3v) is 6.90. The number of nitrogens with one attached hydrogen (secondary N) is 1. The Morgan fingerprint density at radius 2 is 1.74 bits per heavy atom. The van der Waals surface area contributed by atoms with Gasteiger partial charge in [-0.1, -0.05) is 55.3 Å². The molecule has 0 saturated carbocycles. The Morgan fingerprint density at radius 3 is 2.34 bits per heavy atom. The number of carboxylic acids is 1. The number of nitrogens with zero attached hydrogens (tertiary/aromatic N) is 2. The average molecular weight is 520 g/mol. The van der Waals surface area contributed by atoms with Crippen LogP contribution in [0, 0.1) is 12.5 Å². The Hall–Kier alpha value is -3.86. The van der Waals surface area contributed by atoms with Crippen LogP contribution in [0.3, 0.4) is 0 Å². The molecule has 2 aromatic carbocycles. The number of hydrogen-bond donors (Lipinski definition) is 2. The van der Waals surface area contributed by atoms with Crippen LogP contribution in [0.5, 0.6) is 5.75 Å². The second-order valence-electron chi connectivity index (χ2n) is 9.81. The number of carbonyl (C=O) groups excluding carboxylic acids is 2. The fourth-order valence-corrected chi connectivity index (χ4v) is 4.54. The van der Waals surface area contributed by atoms with Gasteiger partial charge in [-0.2, -0.15) is 0 Å². The van der Waals surface area contributed by atoms with Crippen LogP contribution in [0.2, 0.25) is 0 Å². The van der Waals surface area contributed by atoms with Gasteiger partial charge in [0.15, 0.2) is 5.69 Å². The van der Waals surface area contributed by atoms with Crippen molar-refractivity contribution in [2.45, 2.75) is 64.3 Å². The van der Waals surface area contributed by atoms with Crippen LogP contribution in [0.25, 0.3) is 4.85 Å². The summed E-state index contributed by atoms with van der Waals surface area (Å²) in [7, 11) is 0. The zero-order chi connectivity index (χ0) is 27.3. The number of aryl methyl sites for hydroxylation is 1. The largest absolute Gasteiger partial charge is 0.494 e. The minimum Gasteiger partial charge on any atom is -0.494 e. The van der Waals surface area contributed by atoms with E-state index in [2.05, 4.69) is 17.1 Å². The van der Waals surface area contributed by atoms with Crippen LogP contribution >= 0.6 is 0 Å². The van der Waals surface area contributed by atoms with Crippen molar-refractivity contribution in [2.24, 2.45) is 5.92 Å². The highest BCUT2D eigenvalue weighted by Crippen LogP contribution is 2.22. The molecule has 1 heterocycles. The van der Waals surface area contributed by atoms with Gasteiger partial charge < -0.3 is 20.1 Å². The van der Waals surface area contributed by atoms with Crippen LogP contribution in [0.15, 0.2) is 48.5 Å². The number of benzene rings is 2. The number of rotatable bonds is 13. The summed E-state index contributed by atoms with van der Waals surface area (Å²) >= 11 is 0. The van der Waals surface area contributed by atoms with Gasteiger partial charge in [-0.15, -0.1) is 0 Å². The molecule has 0 unspecified atom stereocenters. The third kappa shape index (κ3) is 9.22. The molecule has 3 rings (SSSR count). The minimum absolute atomic E-state index is 0.0925. The molecule has 1 atom stereocenters. The molecule has 202 valence electrons. The van der Waals surface area contributed by atoms with E-state index >= 15 is 0 Å². The van der Waals surface area contributed by atoms with Crippen molar-refractivity contribution in [3.8, 4) is 5.75 Å². The summed E-state index contributed by atoms with van der Waals surface area (Å²) in [5.41, 5.74) is 2.43. The number of hydrogen-bond acceptors (Lipinski definition) is 4. The summed E-state index contributed by atoms with van der Waals surface area (Å²) in [6.45, 7) is 11.0. The zero-order valence-electron chi connectivity index (χ0n) is 22.0. The lowest BCUT2D eigenvalue weighted by Crippen LogP contribution is -2.44. The highest BCUT2D eigenvalue weighted by atomic mass is 16.5. The molecule has 2 amide bonds. The third-order valence-electron chi connectivity index (χ3n) is 6.90. The summed E-state index contributed by atoms with van der Waals surface area (Å²) in [4.78, 5) is 42.3. The number of likely N-dealkylation sites (tertiary alicyclic amines) is 1. The molecule has 1 aliphatic rings. The van der Waals surface area contributed by atoms with Gasteiger partial charge in [-0.25, -0.2) is 9.64 Å². The highest BCUT2D eigenvalue weighted by Gasteiger charge is 2.26. The number of piperidine rings is 1. The number of carboxylic acid groups (broad SMARTS) is 1. The molecule has 1 aliphatic heterocycles. The maximum atomic E-state index is 12.6. The molecule has 1 saturated heterocycles. The molecule has 2 aromatic rings. The quantitative estimate of drug-likeness (QED) is 0.293. The molecule has 2 N–H and O–H groups in total. The molecule has 0 spiro atoms. The fourth-order valence-electron chi connectivity index (χ4n) is 4.54. The van der Waals surface area contributed by atoms with Gasteiger partial charge in [-0.3, -0.25) is 9.59 Å². The first-order chi connectivity index (χ1) is 18.4. The number of amides is 2. The lowest BCUT2D eigenvalue weighted by atomic mass is 9.92. The molecular formula is C30H37N3O5. The van der Waals surface area contributed by atoms with Crippen molar-refractivity contribution < 1.29 is 24.2 Å². The lowest BCUT2D eigenvalue weighted by molar-refractivity contribution is -0.142. The van der Waals surface area contributed by atoms with E-state index in [1.54, 1.807) is 12.1 Å². The smallest absolute Gasteiger partial charge is 0.326 e. The molecule has 0 radical (unpaired) electrons. The predicted octanol–water partition coefficient (Wildman–Crippen LogP) is 4.79. The van der Waals surface area contributed by atoms with Crippen molar-refractivity contribution in [3.63, 3.8) is 0 Å². The standard InChI is InChI=1S/C30H37N3O5/c1-3-4-19-38-26-12-7-23(8-13-26)20-27(30(36)37)32-28(34)21-24-15-17-33(18-16-24)29(35)14-9-22-5-10-25(31-2)11-6-22/h5-8,10-13,24,27H,3-4,9,14-21H2,1H3,(H,32,34)(H,36,37)/t27-/m0/s1. The van der Waals surface area contributed by atoms with Gasteiger partial charge in [0.25, 0.3) is 0 Å². The van der Waals surface area contributed by atoms with E-state index in [-0.39, 0.29) is 30.6 Å². The monoisotopic (exact) mass is 519 g/mol. The van der Waals surface area contributed by atoms with Gasteiger partial charge in [0, 0.05) is 32.4 Å². The lowest BCUT2D eigenvalue weighted by Gasteiger charge is -2.32. The van der Waals surface area contributed by atoms with Crippen LogP contribution in [-0.4, -0.2) is 53.5 Å². The molecular weight excluding hydrogens is 482 g/mol.